The molecule has 3 aromatic rings. The summed E-state index contributed by atoms with van der Waals surface area (Å²) >= 11 is -0.0127. The lowest BCUT2D eigenvalue weighted by Crippen LogP contribution is -2.40. The molecule has 1 aromatic heterocycles. The van der Waals surface area contributed by atoms with Crippen LogP contribution in [0.25, 0.3) is 21.0 Å². The van der Waals surface area contributed by atoms with Crippen LogP contribution in [-0.2, 0) is 21.0 Å². The Balaban J connectivity index is 1.87. The molecule has 1 heterocycles. The van der Waals surface area contributed by atoms with Crippen molar-refractivity contribution in [1.29, 1.82) is 0 Å². The van der Waals surface area contributed by atoms with E-state index in [-0.39, 0.29) is 17.4 Å². The molecule has 1 atom stereocenters. The number of amides is 2. The predicted octanol–water partition coefficient (Wildman–Crippen LogP) is 5.83. The summed E-state index contributed by atoms with van der Waals surface area (Å²) in [5, 5.41) is 6.48. The van der Waals surface area contributed by atoms with Gasteiger partial charge in [0, 0.05) is 42.5 Å². The van der Waals surface area contributed by atoms with E-state index in [0.717, 1.165) is 26.7 Å². The fourth-order valence-corrected chi connectivity index (χ4v) is 5.61. The summed E-state index contributed by atoms with van der Waals surface area (Å²) in [4.78, 5) is 29.6. The Bertz CT molecular complexity index is 1180. The lowest BCUT2D eigenvalue weighted by atomic mass is 10.1. The summed E-state index contributed by atoms with van der Waals surface area (Å²) < 4.78 is 16.3. The Morgan fingerprint density at radius 1 is 1.06 bits per heavy atom. The number of nitrogens with one attached hydrogen (secondary N) is 3. The van der Waals surface area contributed by atoms with Crippen molar-refractivity contribution in [2.45, 2.75) is 58.4 Å². The molecule has 186 valence electrons. The van der Waals surface area contributed by atoms with Gasteiger partial charge in [0.25, 0.3) is 0 Å². The molecule has 35 heavy (non-hydrogen) atoms. The molecule has 0 aliphatic heterocycles. The summed E-state index contributed by atoms with van der Waals surface area (Å²) in [5.41, 5.74) is 2.68. The molecule has 0 saturated carbocycles. The average molecular weight is 513 g/mol. The second-order valence-corrected chi connectivity index (χ2v) is 12.0. The third-order valence-electron chi connectivity index (χ3n) is 4.68. The van der Waals surface area contributed by atoms with Gasteiger partial charge in [-0.05, 0) is 63.1 Å². The maximum absolute atomic E-state index is 13.2. The molecule has 0 bridgehead atoms. The molecule has 7 nitrogen and oxygen atoms in total. The molecule has 0 saturated heterocycles. The van der Waals surface area contributed by atoms with Crippen molar-refractivity contribution in [2.24, 2.45) is 5.92 Å². The second-order valence-electron chi connectivity index (χ2n) is 9.77. The molecule has 3 N–H and O–H groups in total. The zero-order valence-electron chi connectivity index (χ0n) is 20.9. The Kier molecular flexibility index (Phi) is 8.71. The number of aromatic nitrogens is 1. The van der Waals surface area contributed by atoms with E-state index in [2.05, 4.69) is 20.3 Å². The van der Waals surface area contributed by atoms with Crippen LogP contribution in [0.4, 0.5) is 11.4 Å². The number of carbonyl (C=O) groups excluding carboxylic acids is 2. The van der Waals surface area contributed by atoms with Crippen molar-refractivity contribution in [3.05, 3.63) is 48.7 Å². The lowest BCUT2D eigenvalue weighted by molar-refractivity contribution is -0.117. The van der Waals surface area contributed by atoms with Crippen molar-refractivity contribution >= 4 is 45.9 Å². The maximum Gasteiger partial charge on any atom is 0.224 e. The fourth-order valence-electron chi connectivity index (χ4n) is 3.30. The molecule has 3 rings (SSSR count). The van der Waals surface area contributed by atoms with Crippen LogP contribution in [0.5, 0.6) is 0 Å². The first-order valence-electron chi connectivity index (χ1n) is 11.4. The predicted molar refractivity (Wildman–Crippen MR) is 145 cm³/mol. The topological polar surface area (TPSA) is 106 Å². The standard InChI is InChI=1S/C26H32N4O3S2/c1-16(2)13-24(32)29-19-9-7-18(8-10-19)25-27-15-22(34-25)21-12-11-20(28-17(3)31)14-23(21)35(33)30-26(4,5)6/h7-12,14-16,30H,13H2,1-6H3,(H,28,31)(H,29,32). The van der Waals surface area contributed by atoms with Gasteiger partial charge < -0.3 is 15.2 Å². The summed E-state index contributed by atoms with van der Waals surface area (Å²) in [5.74, 6) is 0.103. The van der Waals surface area contributed by atoms with Crippen LogP contribution >= 0.6 is 11.3 Å². The lowest BCUT2D eigenvalue weighted by Gasteiger charge is -2.23. The monoisotopic (exact) mass is 512 g/mol. The summed E-state index contributed by atoms with van der Waals surface area (Å²) in [7, 11) is 0. The molecule has 0 fully saturated rings. The average Bonchev–Trinajstić information content (AvgIpc) is 3.22. The number of hydrogen-bond acceptors (Lipinski definition) is 6. The van der Waals surface area contributed by atoms with Gasteiger partial charge in [-0.3, -0.25) is 9.59 Å². The van der Waals surface area contributed by atoms with Crippen LogP contribution in [0.1, 0.15) is 48.0 Å². The Hall–Kier alpha value is -2.72. The molecular formula is C26H32N4O3S2. The number of thiazole rings is 1. The summed E-state index contributed by atoms with van der Waals surface area (Å²) in [6.07, 6.45) is 2.25. The van der Waals surface area contributed by atoms with Gasteiger partial charge in [-0.25, -0.2) is 4.98 Å². The molecule has 0 radical (unpaired) electrons. The number of anilines is 2. The normalized spacial score (nSPS) is 12.5. The molecule has 9 heteroatoms. The van der Waals surface area contributed by atoms with Crippen LogP contribution in [-0.4, -0.2) is 26.9 Å². The van der Waals surface area contributed by atoms with Crippen LogP contribution < -0.4 is 15.4 Å². The Morgan fingerprint density at radius 3 is 2.31 bits per heavy atom. The highest BCUT2D eigenvalue weighted by molar-refractivity contribution is 7.89. The van der Waals surface area contributed by atoms with E-state index in [1.165, 1.54) is 18.3 Å². The van der Waals surface area contributed by atoms with E-state index in [1.54, 1.807) is 18.3 Å². The molecule has 0 aliphatic carbocycles. The van der Waals surface area contributed by atoms with E-state index in [9.17, 15) is 14.1 Å². The molecule has 0 aliphatic rings. The van der Waals surface area contributed by atoms with Crippen LogP contribution in [0.2, 0.25) is 0 Å². The van der Waals surface area contributed by atoms with E-state index < -0.39 is 11.4 Å². The zero-order chi connectivity index (χ0) is 25.8. The summed E-state index contributed by atoms with van der Waals surface area (Å²) in [6, 6.07) is 13.0. The number of benzene rings is 2. The number of carbonyl (C=O) groups is 2. The smallest absolute Gasteiger partial charge is 0.224 e. The van der Waals surface area contributed by atoms with Gasteiger partial charge in [0.05, 0.1) is 27.3 Å². The van der Waals surface area contributed by atoms with Gasteiger partial charge in [-0.2, -0.15) is 0 Å². The minimum atomic E-state index is -1.50. The van der Waals surface area contributed by atoms with Crippen LogP contribution in [0.15, 0.2) is 53.6 Å². The van der Waals surface area contributed by atoms with E-state index in [0.29, 0.717) is 22.9 Å². The van der Waals surface area contributed by atoms with Gasteiger partial charge in [0.1, 0.15) is 5.01 Å². The van der Waals surface area contributed by atoms with Gasteiger partial charge in [-0.15, -0.1) is 16.1 Å². The van der Waals surface area contributed by atoms with Gasteiger partial charge in [0.15, 0.2) is 4.90 Å². The van der Waals surface area contributed by atoms with Crippen LogP contribution in [0.3, 0.4) is 0 Å². The number of hydrogen-bond donors (Lipinski definition) is 3. The minimum absolute atomic E-state index is 0.00334. The van der Waals surface area contributed by atoms with Gasteiger partial charge in [-0.1, -0.05) is 13.8 Å². The first-order chi connectivity index (χ1) is 16.4. The highest BCUT2D eigenvalue weighted by atomic mass is 32.2. The van der Waals surface area contributed by atoms with Crippen molar-refractivity contribution in [3.8, 4) is 21.0 Å². The zero-order valence-corrected chi connectivity index (χ0v) is 22.5. The van der Waals surface area contributed by atoms with E-state index >= 15 is 0 Å². The van der Waals surface area contributed by atoms with Crippen molar-refractivity contribution in [1.82, 2.24) is 9.71 Å². The molecular weight excluding hydrogens is 480 g/mol. The first kappa shape index (κ1) is 26.9. The van der Waals surface area contributed by atoms with Gasteiger partial charge >= 0.3 is 0 Å². The third-order valence-corrected chi connectivity index (χ3v) is 7.30. The molecule has 2 amide bonds. The number of rotatable bonds is 8. The quantitative estimate of drug-likeness (QED) is 0.329. The molecule has 0 spiro atoms. The van der Waals surface area contributed by atoms with Crippen molar-refractivity contribution in [3.63, 3.8) is 0 Å². The maximum atomic E-state index is 13.2. The third kappa shape index (κ3) is 7.90. The van der Waals surface area contributed by atoms with Crippen molar-refractivity contribution in [2.75, 3.05) is 10.6 Å². The largest absolute Gasteiger partial charge is 0.593 e. The fraction of sp³-hybridized carbons (Fsp3) is 0.346. The highest BCUT2D eigenvalue weighted by Crippen LogP contribution is 2.37. The molecule has 2 aromatic carbocycles. The Morgan fingerprint density at radius 2 is 1.71 bits per heavy atom. The molecule has 1 unspecified atom stereocenters. The van der Waals surface area contributed by atoms with E-state index in [4.69, 9.17) is 0 Å². The number of nitrogens with zero attached hydrogens (tertiary/aromatic N) is 1. The Labute approximate surface area is 214 Å². The minimum Gasteiger partial charge on any atom is -0.593 e. The van der Waals surface area contributed by atoms with Gasteiger partial charge in [0.2, 0.25) is 11.8 Å². The highest BCUT2D eigenvalue weighted by Gasteiger charge is 2.25. The van der Waals surface area contributed by atoms with E-state index in [1.807, 2.05) is 65.0 Å². The summed E-state index contributed by atoms with van der Waals surface area (Å²) in [6.45, 7) is 11.3. The SMILES string of the molecule is CC(=O)Nc1ccc(-c2cnc(-c3ccc(NC(=O)CC(C)C)cc3)s2)c([S+]([O-])NC(C)(C)C)c1. The van der Waals surface area contributed by atoms with Crippen LogP contribution in [0, 0.1) is 5.92 Å². The first-order valence-corrected chi connectivity index (χ1v) is 13.4. The van der Waals surface area contributed by atoms with Crippen molar-refractivity contribution < 1.29 is 14.1 Å². The second kappa shape index (κ2) is 11.3.